The first kappa shape index (κ1) is 29.2. The number of para-hydroxylation sites is 2. The van der Waals surface area contributed by atoms with Gasteiger partial charge in [-0.3, -0.25) is 0 Å². The van der Waals surface area contributed by atoms with E-state index in [0.29, 0.717) is 0 Å². The van der Waals surface area contributed by atoms with Gasteiger partial charge in [-0.2, -0.15) is 0 Å². The molecule has 0 saturated carbocycles. The highest BCUT2D eigenvalue weighted by atomic mass is 32.1. The van der Waals surface area contributed by atoms with Crippen LogP contribution in [0.25, 0.3) is 103 Å². The average molecular weight is 679 g/mol. The summed E-state index contributed by atoms with van der Waals surface area (Å²) in [5, 5.41) is 8.83. The second-order valence-corrected chi connectivity index (χ2v) is 14.5. The molecular formula is C49H30N2S. The topological polar surface area (TPSA) is 17.8 Å². The highest BCUT2D eigenvalue weighted by Crippen LogP contribution is 2.47. The molecule has 11 aromatic rings. The zero-order valence-electron chi connectivity index (χ0n) is 28.1. The lowest BCUT2D eigenvalue weighted by molar-refractivity contribution is 1.18. The van der Waals surface area contributed by atoms with Crippen molar-refractivity contribution < 1.29 is 0 Å². The van der Waals surface area contributed by atoms with Crippen molar-refractivity contribution in [3.8, 4) is 39.2 Å². The summed E-state index contributed by atoms with van der Waals surface area (Å²) in [6, 6.07) is 65.9. The lowest BCUT2D eigenvalue weighted by Gasteiger charge is -2.11. The van der Waals surface area contributed by atoms with Gasteiger partial charge in [-0.05, 0) is 69.9 Å². The molecule has 0 aliphatic rings. The summed E-state index contributed by atoms with van der Waals surface area (Å²) in [4.78, 5) is 5.11. The molecule has 0 bridgehead atoms. The molecule has 8 aromatic carbocycles. The van der Waals surface area contributed by atoms with Crippen LogP contribution in [0.15, 0.2) is 182 Å². The molecule has 0 aliphatic heterocycles. The number of thiophene rings is 1. The molecule has 242 valence electrons. The lowest BCUT2D eigenvalue weighted by Crippen LogP contribution is -1.93. The molecule has 0 N–H and O–H groups in total. The maximum absolute atomic E-state index is 5.11. The van der Waals surface area contributed by atoms with Crippen molar-refractivity contribution in [1.82, 2.24) is 9.55 Å². The van der Waals surface area contributed by atoms with Gasteiger partial charge in [0.2, 0.25) is 0 Å². The van der Waals surface area contributed by atoms with Crippen molar-refractivity contribution in [3.63, 3.8) is 0 Å². The van der Waals surface area contributed by atoms with E-state index >= 15 is 0 Å². The van der Waals surface area contributed by atoms with Gasteiger partial charge < -0.3 is 4.57 Å². The third-order valence-corrected chi connectivity index (χ3v) is 11.9. The van der Waals surface area contributed by atoms with Crippen LogP contribution in [-0.4, -0.2) is 9.55 Å². The zero-order chi connectivity index (χ0) is 34.2. The molecule has 0 amide bonds. The number of nitrogens with zero attached hydrogens (tertiary/aromatic N) is 2. The number of benzene rings is 8. The Morgan fingerprint density at radius 1 is 0.404 bits per heavy atom. The number of hydrogen-bond acceptors (Lipinski definition) is 2. The monoisotopic (exact) mass is 678 g/mol. The average Bonchev–Trinajstić information content (AvgIpc) is 3.76. The first-order chi connectivity index (χ1) is 25.8. The highest BCUT2D eigenvalue weighted by molar-refractivity contribution is 7.27. The molecule has 52 heavy (non-hydrogen) atoms. The van der Waals surface area contributed by atoms with Crippen LogP contribution in [0.3, 0.4) is 0 Å². The Hall–Kier alpha value is -6.55. The van der Waals surface area contributed by atoms with Crippen molar-refractivity contribution in [2.45, 2.75) is 0 Å². The predicted octanol–water partition coefficient (Wildman–Crippen LogP) is 13.9. The molecule has 0 saturated heterocycles. The molecule has 3 heterocycles. The number of hydrogen-bond donors (Lipinski definition) is 0. The van der Waals surface area contributed by atoms with Gasteiger partial charge in [-0.15, -0.1) is 11.3 Å². The fourth-order valence-electron chi connectivity index (χ4n) is 8.23. The van der Waals surface area contributed by atoms with Gasteiger partial charge in [-0.25, -0.2) is 4.98 Å². The maximum Gasteiger partial charge on any atom is 0.0715 e. The van der Waals surface area contributed by atoms with Crippen LogP contribution in [0.5, 0.6) is 0 Å². The van der Waals surface area contributed by atoms with Gasteiger partial charge in [0.05, 0.1) is 22.2 Å². The molecule has 3 heteroatoms. The number of pyridine rings is 1. The van der Waals surface area contributed by atoms with Gasteiger partial charge in [0.1, 0.15) is 0 Å². The van der Waals surface area contributed by atoms with E-state index in [1.807, 2.05) is 11.3 Å². The number of rotatable bonds is 4. The molecule has 0 fully saturated rings. The SMILES string of the molecule is c1ccc(-c2cc(-c3cccc4c3sc3c4ccc4c3c3cc(-c5cccc6ccccc56)ccc3n4-c3ccccc3)c3ccccc3n2)cc1. The Morgan fingerprint density at radius 3 is 1.96 bits per heavy atom. The first-order valence-corrected chi connectivity index (χ1v) is 18.5. The van der Waals surface area contributed by atoms with Gasteiger partial charge in [0, 0.05) is 53.1 Å². The number of fused-ring (bicyclic) bond motifs is 9. The van der Waals surface area contributed by atoms with Crippen LogP contribution in [0.2, 0.25) is 0 Å². The minimum absolute atomic E-state index is 0.988. The van der Waals surface area contributed by atoms with E-state index in [1.54, 1.807) is 0 Å². The third kappa shape index (κ3) is 4.40. The molecule has 0 radical (unpaired) electrons. The molecule has 0 spiro atoms. The van der Waals surface area contributed by atoms with Crippen LogP contribution in [0, 0.1) is 0 Å². The minimum atomic E-state index is 0.988. The van der Waals surface area contributed by atoms with E-state index in [0.717, 1.165) is 22.2 Å². The minimum Gasteiger partial charge on any atom is -0.309 e. The fourth-order valence-corrected chi connectivity index (χ4v) is 9.61. The molecule has 11 rings (SSSR count). The standard InChI is InChI=1S/C49H30N2S/c1-3-14-32(15-4-1)44-30-41(37-20-9-10-24-43(37)50-44)39-23-12-22-38-40-26-28-46-47(49(40)52-48(38)39)42-29-33(36-21-11-16-31-13-7-8-19-35(31)36)25-27-45(42)51(46)34-17-5-2-6-18-34/h1-30H. The summed E-state index contributed by atoms with van der Waals surface area (Å²) in [6.45, 7) is 0. The maximum atomic E-state index is 5.11. The quantitative estimate of drug-likeness (QED) is 0.181. The normalized spacial score (nSPS) is 11.8. The van der Waals surface area contributed by atoms with Crippen molar-refractivity contribution in [3.05, 3.63) is 182 Å². The van der Waals surface area contributed by atoms with Crippen molar-refractivity contribution in [2.24, 2.45) is 0 Å². The lowest BCUT2D eigenvalue weighted by atomic mass is 9.96. The summed E-state index contributed by atoms with van der Waals surface area (Å²) < 4.78 is 5.05. The highest BCUT2D eigenvalue weighted by Gasteiger charge is 2.21. The summed E-state index contributed by atoms with van der Waals surface area (Å²) in [7, 11) is 0. The molecule has 0 atom stereocenters. The molecule has 2 nitrogen and oxygen atoms in total. The van der Waals surface area contributed by atoms with Crippen LogP contribution in [-0.2, 0) is 0 Å². The zero-order valence-corrected chi connectivity index (χ0v) is 28.9. The smallest absolute Gasteiger partial charge is 0.0715 e. The van der Waals surface area contributed by atoms with E-state index in [1.165, 1.54) is 80.7 Å². The van der Waals surface area contributed by atoms with Gasteiger partial charge in [0.15, 0.2) is 0 Å². The van der Waals surface area contributed by atoms with Crippen LogP contribution >= 0.6 is 11.3 Å². The van der Waals surface area contributed by atoms with Crippen LogP contribution in [0.1, 0.15) is 0 Å². The molecule has 3 aromatic heterocycles. The third-order valence-electron chi connectivity index (χ3n) is 10.6. The Kier molecular flexibility index (Phi) is 6.46. The van der Waals surface area contributed by atoms with Crippen LogP contribution in [0.4, 0.5) is 0 Å². The van der Waals surface area contributed by atoms with Crippen molar-refractivity contribution in [1.29, 1.82) is 0 Å². The summed E-state index contributed by atoms with van der Waals surface area (Å²) >= 11 is 1.92. The molecule has 0 unspecified atom stereocenters. The Bertz CT molecular complexity index is 3170. The second-order valence-electron chi connectivity index (χ2n) is 13.5. The van der Waals surface area contributed by atoms with Crippen molar-refractivity contribution in [2.75, 3.05) is 0 Å². The summed E-state index contributed by atoms with van der Waals surface area (Å²) in [6.07, 6.45) is 0. The first-order valence-electron chi connectivity index (χ1n) is 17.7. The molecule has 0 aliphatic carbocycles. The van der Waals surface area contributed by atoms with Gasteiger partial charge in [-0.1, -0.05) is 140 Å². The fraction of sp³-hybridized carbons (Fsp3) is 0. The van der Waals surface area contributed by atoms with E-state index in [-0.39, 0.29) is 0 Å². The van der Waals surface area contributed by atoms with Crippen LogP contribution < -0.4 is 0 Å². The van der Waals surface area contributed by atoms with E-state index < -0.39 is 0 Å². The van der Waals surface area contributed by atoms with Gasteiger partial charge >= 0.3 is 0 Å². The summed E-state index contributed by atoms with van der Waals surface area (Å²) in [5.41, 5.74) is 11.6. The summed E-state index contributed by atoms with van der Waals surface area (Å²) in [5.74, 6) is 0. The van der Waals surface area contributed by atoms with Crippen molar-refractivity contribution >= 4 is 75.0 Å². The van der Waals surface area contributed by atoms with E-state index in [2.05, 4.69) is 187 Å². The Morgan fingerprint density at radius 2 is 1.08 bits per heavy atom. The largest absolute Gasteiger partial charge is 0.309 e. The number of aromatic nitrogens is 2. The predicted molar refractivity (Wildman–Crippen MR) is 223 cm³/mol. The van der Waals surface area contributed by atoms with E-state index in [4.69, 9.17) is 4.98 Å². The Labute approximate surface area is 304 Å². The van der Waals surface area contributed by atoms with Gasteiger partial charge in [0.25, 0.3) is 0 Å². The Balaban J connectivity index is 1.23. The molecular weight excluding hydrogens is 649 g/mol. The van der Waals surface area contributed by atoms with E-state index in [9.17, 15) is 0 Å². The second kappa shape index (κ2) is 11.5.